The smallest absolute Gasteiger partial charge is 0.340 e. The lowest BCUT2D eigenvalue weighted by molar-refractivity contribution is -0.137. The summed E-state index contributed by atoms with van der Waals surface area (Å²) in [6.45, 7) is 3.97. The number of carboxylic acid groups (broad SMARTS) is 1. The summed E-state index contributed by atoms with van der Waals surface area (Å²) in [6.07, 6.45) is 2.70. The summed E-state index contributed by atoms with van der Waals surface area (Å²) in [5, 5.41) is 10.1. The second kappa shape index (κ2) is 11.7. The van der Waals surface area contributed by atoms with E-state index in [9.17, 15) is 26.7 Å². The van der Waals surface area contributed by atoms with E-state index in [2.05, 4.69) is 4.98 Å². The molecular weight excluding hydrogens is 582 g/mol. The quantitative estimate of drug-likeness (QED) is 0.260. The van der Waals surface area contributed by atoms with Gasteiger partial charge in [-0.3, -0.25) is 4.79 Å². The summed E-state index contributed by atoms with van der Waals surface area (Å²) >= 11 is 0. The predicted octanol–water partition coefficient (Wildman–Crippen LogP) is 4.24. The van der Waals surface area contributed by atoms with E-state index in [4.69, 9.17) is 8.92 Å². The fourth-order valence-electron chi connectivity index (χ4n) is 5.08. The van der Waals surface area contributed by atoms with Crippen molar-refractivity contribution in [2.45, 2.75) is 55.0 Å². The van der Waals surface area contributed by atoms with Gasteiger partial charge < -0.3 is 18.6 Å². The average Bonchev–Trinajstić information content (AvgIpc) is 3.30. The third-order valence-corrected chi connectivity index (χ3v) is 10.1. The molecule has 0 saturated carbocycles. The molecule has 3 heterocycles. The number of ether oxygens (including phenoxy) is 1. The fraction of sp³-hybridized carbons (Fsp3) is 0.310. The Kier molecular flexibility index (Phi) is 8.26. The number of rotatable bonds is 10. The Morgan fingerprint density at radius 1 is 0.952 bits per heavy atom. The van der Waals surface area contributed by atoms with Crippen LogP contribution >= 0.6 is 0 Å². The molecule has 5 rings (SSSR count). The van der Waals surface area contributed by atoms with Crippen LogP contribution in [0.15, 0.2) is 82.7 Å². The molecule has 0 aliphatic carbocycles. The molecule has 13 heteroatoms. The predicted molar refractivity (Wildman–Crippen MR) is 155 cm³/mol. The molecule has 0 amide bonds. The first-order chi connectivity index (χ1) is 19.9. The van der Waals surface area contributed by atoms with E-state index in [0.29, 0.717) is 24.0 Å². The molecule has 42 heavy (non-hydrogen) atoms. The Hall–Kier alpha value is -3.94. The van der Waals surface area contributed by atoms with Crippen LogP contribution in [0.3, 0.4) is 0 Å². The molecule has 1 N–H and O–H groups in total. The summed E-state index contributed by atoms with van der Waals surface area (Å²) < 4.78 is 65.8. The first-order valence-corrected chi connectivity index (χ1v) is 16.3. The number of hydrogen-bond donors (Lipinski definition) is 1. The van der Waals surface area contributed by atoms with Crippen molar-refractivity contribution in [2.75, 3.05) is 13.1 Å². The third-order valence-electron chi connectivity index (χ3n) is 6.99. The molecule has 2 aromatic carbocycles. The molecule has 0 radical (unpaired) electrons. The molecule has 1 aliphatic rings. The van der Waals surface area contributed by atoms with Gasteiger partial charge in [-0.1, -0.05) is 18.2 Å². The van der Waals surface area contributed by atoms with E-state index >= 15 is 0 Å². The first-order valence-electron chi connectivity index (χ1n) is 13.4. The molecule has 1 fully saturated rings. The normalized spacial score (nSPS) is 15.2. The number of piperidine rings is 1. The van der Waals surface area contributed by atoms with Crippen LogP contribution < -0.4 is 8.92 Å². The molecule has 4 aromatic rings. The van der Waals surface area contributed by atoms with E-state index in [0.717, 1.165) is 5.56 Å². The summed E-state index contributed by atoms with van der Waals surface area (Å²) in [5.74, 6) is -0.736. The summed E-state index contributed by atoms with van der Waals surface area (Å²) in [6, 6.07) is 17.1. The molecule has 1 aliphatic heterocycles. The largest absolute Gasteiger partial charge is 0.491 e. The summed E-state index contributed by atoms with van der Waals surface area (Å²) in [5.41, 5.74) is 1.09. The highest BCUT2D eigenvalue weighted by atomic mass is 32.2. The molecule has 0 unspecified atom stereocenters. The monoisotopic (exact) mass is 613 g/mol. The standard InChI is InChI=1S/C29H31N3O8S2/c1-20(2)39-22-8-10-23(11-9-22)41(35,36)32-16-14-21(15-17-32)26-18-31(19-28(33)34)29-25(26)12-13-27(30-29)40-42(37,38)24-6-4-3-5-7-24/h3-13,18,20-21H,14-17,19H2,1-2H3,(H,33,34). The van der Waals surface area contributed by atoms with Crippen LogP contribution in [0.25, 0.3) is 11.0 Å². The van der Waals surface area contributed by atoms with Gasteiger partial charge in [0.25, 0.3) is 0 Å². The highest BCUT2D eigenvalue weighted by molar-refractivity contribution is 7.89. The average molecular weight is 614 g/mol. The zero-order valence-electron chi connectivity index (χ0n) is 23.1. The van der Waals surface area contributed by atoms with Gasteiger partial charge in [-0.05, 0) is 80.6 Å². The highest BCUT2D eigenvalue weighted by Gasteiger charge is 2.32. The Morgan fingerprint density at radius 3 is 2.24 bits per heavy atom. The maximum absolute atomic E-state index is 13.3. The van der Waals surface area contributed by atoms with Crippen LogP contribution in [0, 0.1) is 0 Å². The van der Waals surface area contributed by atoms with Crippen molar-refractivity contribution in [3.8, 4) is 11.6 Å². The van der Waals surface area contributed by atoms with Crippen LogP contribution in [0.2, 0.25) is 0 Å². The molecule has 0 bridgehead atoms. The zero-order chi connectivity index (χ0) is 30.1. The number of aliphatic carboxylic acids is 1. The highest BCUT2D eigenvalue weighted by Crippen LogP contribution is 2.36. The van der Waals surface area contributed by atoms with E-state index < -0.39 is 26.1 Å². The minimum Gasteiger partial charge on any atom is -0.491 e. The Bertz CT molecular complexity index is 1790. The van der Waals surface area contributed by atoms with Gasteiger partial charge in [0.15, 0.2) is 0 Å². The molecular formula is C29H31N3O8S2. The van der Waals surface area contributed by atoms with Gasteiger partial charge in [-0.2, -0.15) is 17.7 Å². The number of pyridine rings is 1. The second-order valence-electron chi connectivity index (χ2n) is 10.3. The van der Waals surface area contributed by atoms with Gasteiger partial charge >= 0.3 is 16.1 Å². The molecule has 11 nitrogen and oxygen atoms in total. The number of nitrogens with zero attached hydrogens (tertiary/aromatic N) is 3. The Labute approximate surface area is 244 Å². The maximum Gasteiger partial charge on any atom is 0.340 e. The minimum absolute atomic E-state index is 0.0235. The Morgan fingerprint density at radius 2 is 1.62 bits per heavy atom. The summed E-state index contributed by atoms with van der Waals surface area (Å²) in [7, 11) is -7.84. The molecule has 1 saturated heterocycles. The van der Waals surface area contributed by atoms with Gasteiger partial charge in [0.05, 0.1) is 11.0 Å². The lowest BCUT2D eigenvalue weighted by Crippen LogP contribution is -2.37. The van der Waals surface area contributed by atoms with Gasteiger partial charge in [-0.25, -0.2) is 8.42 Å². The second-order valence-corrected chi connectivity index (χ2v) is 13.8. The van der Waals surface area contributed by atoms with Crippen molar-refractivity contribution in [2.24, 2.45) is 0 Å². The number of hydrogen-bond acceptors (Lipinski definition) is 8. The van der Waals surface area contributed by atoms with Crippen molar-refractivity contribution in [1.29, 1.82) is 0 Å². The van der Waals surface area contributed by atoms with Crippen LogP contribution in [0.5, 0.6) is 11.6 Å². The number of carbonyl (C=O) groups is 1. The number of sulfonamides is 1. The maximum atomic E-state index is 13.3. The fourth-order valence-corrected chi connectivity index (χ4v) is 7.45. The van der Waals surface area contributed by atoms with E-state index in [1.165, 1.54) is 27.1 Å². The summed E-state index contributed by atoms with van der Waals surface area (Å²) in [4.78, 5) is 16.1. The van der Waals surface area contributed by atoms with Gasteiger partial charge in [0.1, 0.15) is 22.8 Å². The minimum atomic E-state index is -4.14. The molecule has 2 aromatic heterocycles. The topological polar surface area (TPSA) is 145 Å². The van der Waals surface area contributed by atoms with Crippen molar-refractivity contribution < 1.29 is 35.7 Å². The van der Waals surface area contributed by atoms with E-state index in [-0.39, 0.29) is 53.0 Å². The van der Waals surface area contributed by atoms with Crippen molar-refractivity contribution in [3.63, 3.8) is 0 Å². The number of benzene rings is 2. The van der Waals surface area contributed by atoms with Crippen LogP contribution in [0.4, 0.5) is 0 Å². The van der Waals surface area contributed by atoms with E-state index in [1.54, 1.807) is 54.7 Å². The Balaban J connectivity index is 1.36. The first kappa shape index (κ1) is 29.5. The van der Waals surface area contributed by atoms with Crippen molar-refractivity contribution >= 4 is 37.1 Å². The number of aromatic nitrogens is 2. The van der Waals surface area contributed by atoms with Gasteiger partial charge in [0.2, 0.25) is 15.9 Å². The van der Waals surface area contributed by atoms with Crippen molar-refractivity contribution in [3.05, 3.63) is 78.5 Å². The molecule has 222 valence electrons. The third kappa shape index (κ3) is 6.27. The van der Waals surface area contributed by atoms with Gasteiger partial charge in [0, 0.05) is 30.7 Å². The number of fused-ring (bicyclic) bond motifs is 1. The van der Waals surface area contributed by atoms with Crippen LogP contribution in [-0.4, -0.2) is 61.0 Å². The van der Waals surface area contributed by atoms with Crippen LogP contribution in [0.1, 0.15) is 38.2 Å². The van der Waals surface area contributed by atoms with Crippen molar-refractivity contribution in [1.82, 2.24) is 13.9 Å². The molecule has 0 spiro atoms. The van der Waals surface area contributed by atoms with Crippen LogP contribution in [-0.2, 0) is 31.5 Å². The zero-order valence-corrected chi connectivity index (χ0v) is 24.7. The SMILES string of the molecule is CC(C)Oc1ccc(S(=O)(=O)N2CCC(c3cn(CC(=O)O)c4nc(OS(=O)(=O)c5ccccc5)ccc34)CC2)cc1. The lowest BCUT2D eigenvalue weighted by Gasteiger charge is -2.31. The lowest BCUT2D eigenvalue weighted by atomic mass is 9.90. The number of carboxylic acids is 1. The van der Waals surface area contributed by atoms with Gasteiger partial charge in [-0.15, -0.1) is 0 Å². The van der Waals surface area contributed by atoms with E-state index in [1.807, 2.05) is 13.8 Å². The molecule has 0 atom stereocenters.